The van der Waals surface area contributed by atoms with E-state index < -0.39 is 0 Å². The van der Waals surface area contributed by atoms with E-state index in [0.717, 1.165) is 23.0 Å². The number of carbonyl (C=O) groups is 1. The minimum atomic E-state index is -0.134. The molecule has 29 heavy (non-hydrogen) atoms. The summed E-state index contributed by atoms with van der Waals surface area (Å²) in [7, 11) is 0. The number of hydrogen-bond acceptors (Lipinski definition) is 5. The highest BCUT2D eigenvalue weighted by Crippen LogP contribution is 2.21. The molecular weight excluding hydrogens is 366 g/mol. The molecule has 3 heterocycles. The summed E-state index contributed by atoms with van der Waals surface area (Å²) in [6.07, 6.45) is 2.18. The molecule has 1 amide bonds. The first-order valence-corrected chi connectivity index (χ1v) is 9.56. The van der Waals surface area contributed by atoms with Crippen LogP contribution in [0, 0.1) is 0 Å². The van der Waals surface area contributed by atoms with Crippen molar-refractivity contribution in [1.29, 1.82) is 0 Å². The second-order valence-electron chi connectivity index (χ2n) is 6.98. The van der Waals surface area contributed by atoms with Crippen molar-refractivity contribution in [3.63, 3.8) is 0 Å². The number of ether oxygens (including phenoxy) is 1. The predicted molar refractivity (Wildman–Crippen MR) is 108 cm³/mol. The fourth-order valence-corrected chi connectivity index (χ4v) is 3.50. The fraction of sp³-hybridized carbons (Fsp3) is 0.182. The molecule has 0 radical (unpaired) electrons. The molecular formula is C22H19N5O2. The van der Waals surface area contributed by atoms with E-state index in [-0.39, 0.29) is 12.0 Å². The number of pyridine rings is 1. The van der Waals surface area contributed by atoms with Gasteiger partial charge in [0.25, 0.3) is 5.91 Å². The van der Waals surface area contributed by atoms with E-state index in [0.29, 0.717) is 24.7 Å². The lowest BCUT2D eigenvalue weighted by atomic mass is 10.2. The van der Waals surface area contributed by atoms with Gasteiger partial charge < -0.3 is 9.64 Å². The van der Waals surface area contributed by atoms with Gasteiger partial charge in [0.15, 0.2) is 5.69 Å². The van der Waals surface area contributed by atoms with Gasteiger partial charge in [-0.05, 0) is 24.3 Å². The maximum atomic E-state index is 12.8. The van der Waals surface area contributed by atoms with E-state index in [9.17, 15) is 4.79 Å². The molecule has 2 aromatic heterocycles. The van der Waals surface area contributed by atoms with E-state index >= 15 is 0 Å². The van der Waals surface area contributed by atoms with Gasteiger partial charge in [-0.3, -0.25) is 4.79 Å². The molecule has 0 bridgehead atoms. The molecule has 0 aliphatic carbocycles. The lowest BCUT2D eigenvalue weighted by Gasteiger charge is -2.16. The molecule has 0 N–H and O–H groups in total. The number of carbonyl (C=O) groups excluding carboxylic acids is 1. The van der Waals surface area contributed by atoms with Gasteiger partial charge in [-0.15, -0.1) is 5.10 Å². The van der Waals surface area contributed by atoms with E-state index in [1.807, 2.05) is 66.7 Å². The number of aromatic nitrogens is 4. The highest BCUT2D eigenvalue weighted by atomic mass is 16.5. The second-order valence-corrected chi connectivity index (χ2v) is 6.98. The van der Waals surface area contributed by atoms with Crippen molar-refractivity contribution in [2.45, 2.75) is 12.5 Å². The Balaban J connectivity index is 1.25. The Hall–Kier alpha value is -3.74. The summed E-state index contributed by atoms with van der Waals surface area (Å²) in [5, 5.41) is 9.61. The zero-order valence-electron chi connectivity index (χ0n) is 15.7. The van der Waals surface area contributed by atoms with E-state index in [4.69, 9.17) is 4.74 Å². The minimum absolute atomic E-state index is 0.0863. The molecule has 5 rings (SSSR count). The highest BCUT2D eigenvalue weighted by molar-refractivity contribution is 5.92. The quantitative estimate of drug-likeness (QED) is 0.540. The van der Waals surface area contributed by atoms with Gasteiger partial charge in [0.2, 0.25) is 5.88 Å². The van der Waals surface area contributed by atoms with Crippen LogP contribution in [0.1, 0.15) is 16.9 Å². The molecule has 1 fully saturated rings. The van der Waals surface area contributed by atoms with Crippen LogP contribution in [0.2, 0.25) is 0 Å². The normalized spacial score (nSPS) is 16.3. The number of likely N-dealkylation sites (tertiary alicyclic amines) is 1. The molecule has 1 aliphatic rings. The molecule has 0 spiro atoms. The van der Waals surface area contributed by atoms with Crippen LogP contribution in [-0.2, 0) is 0 Å². The largest absolute Gasteiger partial charge is 0.472 e. The van der Waals surface area contributed by atoms with Crippen LogP contribution in [0.5, 0.6) is 5.88 Å². The summed E-state index contributed by atoms with van der Waals surface area (Å²) in [5.74, 6) is 0.447. The number of rotatable bonds is 4. The van der Waals surface area contributed by atoms with Gasteiger partial charge >= 0.3 is 0 Å². The van der Waals surface area contributed by atoms with Crippen LogP contribution < -0.4 is 4.74 Å². The van der Waals surface area contributed by atoms with Gasteiger partial charge in [0, 0.05) is 24.4 Å². The van der Waals surface area contributed by atoms with Crippen molar-refractivity contribution in [2.24, 2.45) is 0 Å². The van der Waals surface area contributed by atoms with Gasteiger partial charge in [0.05, 0.1) is 23.9 Å². The molecule has 1 saturated heterocycles. The Morgan fingerprint density at radius 2 is 1.83 bits per heavy atom. The van der Waals surface area contributed by atoms with Crippen molar-refractivity contribution in [3.8, 4) is 11.6 Å². The first-order chi connectivity index (χ1) is 14.3. The number of benzene rings is 2. The van der Waals surface area contributed by atoms with Crippen LogP contribution in [0.3, 0.4) is 0 Å². The van der Waals surface area contributed by atoms with Crippen molar-refractivity contribution < 1.29 is 9.53 Å². The van der Waals surface area contributed by atoms with Crippen LogP contribution in [-0.4, -0.2) is 50.0 Å². The molecule has 144 valence electrons. The van der Waals surface area contributed by atoms with Crippen molar-refractivity contribution in [1.82, 2.24) is 24.9 Å². The van der Waals surface area contributed by atoms with Gasteiger partial charge in [0.1, 0.15) is 6.10 Å². The summed E-state index contributed by atoms with van der Waals surface area (Å²) in [5.41, 5.74) is 2.04. The number of para-hydroxylation sites is 2. The monoisotopic (exact) mass is 385 g/mol. The van der Waals surface area contributed by atoms with Gasteiger partial charge in [-0.1, -0.05) is 36.4 Å². The Bertz CT molecular complexity index is 1160. The number of amides is 1. The zero-order valence-corrected chi connectivity index (χ0v) is 15.7. The summed E-state index contributed by atoms with van der Waals surface area (Å²) in [6.45, 7) is 1.13. The third kappa shape index (κ3) is 3.54. The SMILES string of the molecule is O=C(c1cnn(-c2ccccc2)n1)N1CCC(Oc2ccc3ccccc3n2)C1. The average Bonchev–Trinajstić information content (AvgIpc) is 3.44. The maximum Gasteiger partial charge on any atom is 0.276 e. The summed E-state index contributed by atoms with van der Waals surface area (Å²) in [6, 6.07) is 21.3. The summed E-state index contributed by atoms with van der Waals surface area (Å²) < 4.78 is 6.03. The Labute approximate surface area is 167 Å². The third-order valence-corrected chi connectivity index (χ3v) is 4.99. The standard InChI is InChI=1S/C22H19N5O2/c28-22(20-14-23-27(25-20)17-7-2-1-3-8-17)26-13-12-18(15-26)29-21-11-10-16-6-4-5-9-19(16)24-21/h1-11,14,18H,12-13,15H2. The van der Waals surface area contributed by atoms with E-state index in [1.54, 1.807) is 4.90 Å². The topological polar surface area (TPSA) is 73.1 Å². The van der Waals surface area contributed by atoms with Gasteiger partial charge in [-0.2, -0.15) is 9.90 Å². The van der Waals surface area contributed by atoms with Crippen LogP contribution in [0.25, 0.3) is 16.6 Å². The van der Waals surface area contributed by atoms with Crippen LogP contribution >= 0.6 is 0 Å². The Kier molecular flexibility index (Phi) is 4.40. The van der Waals surface area contributed by atoms with Crippen molar-refractivity contribution in [3.05, 3.63) is 78.6 Å². The summed E-state index contributed by atoms with van der Waals surface area (Å²) in [4.78, 5) is 20.6. The molecule has 1 aliphatic heterocycles. The molecule has 7 nitrogen and oxygen atoms in total. The minimum Gasteiger partial charge on any atom is -0.472 e. The number of nitrogens with zero attached hydrogens (tertiary/aromatic N) is 5. The average molecular weight is 385 g/mol. The second kappa shape index (κ2) is 7.35. The van der Waals surface area contributed by atoms with E-state index in [2.05, 4.69) is 15.2 Å². The first kappa shape index (κ1) is 17.4. The molecule has 4 aromatic rings. The molecule has 0 saturated carbocycles. The molecule has 1 atom stereocenters. The highest BCUT2D eigenvalue weighted by Gasteiger charge is 2.30. The molecule has 2 aromatic carbocycles. The smallest absolute Gasteiger partial charge is 0.276 e. The molecule has 7 heteroatoms. The van der Waals surface area contributed by atoms with Crippen molar-refractivity contribution >= 4 is 16.8 Å². The van der Waals surface area contributed by atoms with E-state index in [1.165, 1.54) is 11.0 Å². The Morgan fingerprint density at radius 3 is 2.72 bits per heavy atom. The Morgan fingerprint density at radius 1 is 1.00 bits per heavy atom. The van der Waals surface area contributed by atoms with Gasteiger partial charge in [-0.25, -0.2) is 4.98 Å². The third-order valence-electron chi connectivity index (χ3n) is 4.99. The lowest BCUT2D eigenvalue weighted by Crippen LogP contribution is -2.31. The number of hydrogen-bond donors (Lipinski definition) is 0. The van der Waals surface area contributed by atoms with Crippen LogP contribution in [0.15, 0.2) is 72.9 Å². The number of fused-ring (bicyclic) bond motifs is 1. The lowest BCUT2D eigenvalue weighted by molar-refractivity contribution is 0.0765. The van der Waals surface area contributed by atoms with Crippen molar-refractivity contribution in [2.75, 3.05) is 13.1 Å². The fourth-order valence-electron chi connectivity index (χ4n) is 3.50. The summed E-state index contributed by atoms with van der Waals surface area (Å²) >= 11 is 0. The van der Waals surface area contributed by atoms with Crippen LogP contribution in [0.4, 0.5) is 0 Å². The zero-order chi connectivity index (χ0) is 19.6. The predicted octanol–water partition coefficient (Wildman–Crippen LogP) is 3.11. The molecule has 1 unspecified atom stereocenters. The maximum absolute atomic E-state index is 12.8. The first-order valence-electron chi connectivity index (χ1n) is 9.56.